The molecular weight excluding hydrogens is 907 g/mol. The number of nitrogens with zero attached hydrogens (tertiary/aromatic N) is 10. The van der Waals surface area contributed by atoms with Crippen LogP contribution in [-0.4, -0.2) is 121 Å². The van der Waals surface area contributed by atoms with Crippen molar-refractivity contribution >= 4 is 68.5 Å². The molecule has 3 aromatic heterocycles. The van der Waals surface area contributed by atoms with Crippen LogP contribution in [0.25, 0.3) is 22.0 Å². The lowest BCUT2D eigenvalue weighted by Gasteiger charge is -2.37. The summed E-state index contributed by atoms with van der Waals surface area (Å²) < 4.78 is 36.5. The fraction of sp³-hybridized carbons (Fsp3) is 0.388. The summed E-state index contributed by atoms with van der Waals surface area (Å²) in [4.78, 5) is 83.7. The van der Waals surface area contributed by atoms with E-state index in [2.05, 4.69) is 30.6 Å². The normalized spacial score (nSPS) is 20.3. The Balaban J connectivity index is 0.704. The van der Waals surface area contributed by atoms with E-state index >= 15 is 8.78 Å². The number of aromatic nitrogens is 5. The predicted octanol–water partition coefficient (Wildman–Crippen LogP) is 5.76. The van der Waals surface area contributed by atoms with Gasteiger partial charge in [0.2, 0.25) is 11.8 Å². The van der Waals surface area contributed by atoms with Crippen LogP contribution < -0.4 is 20.4 Å². The van der Waals surface area contributed by atoms with Crippen molar-refractivity contribution in [2.45, 2.75) is 63.3 Å². The number of amides is 6. The maximum absolute atomic E-state index is 16.8. The number of carbonyl (C=O) groups is 5. The molecule has 356 valence electrons. The smallest absolute Gasteiger partial charge is 0.329 e. The molecule has 2 N–H and O–H groups in total. The fourth-order valence-electron chi connectivity index (χ4n) is 10.6. The lowest BCUT2D eigenvalue weighted by atomic mass is 9.88. The van der Waals surface area contributed by atoms with Crippen molar-refractivity contribution in [3.63, 3.8) is 0 Å². The first kappa shape index (κ1) is 44.4. The zero-order chi connectivity index (χ0) is 47.6. The third-order valence-electron chi connectivity index (χ3n) is 14.4. The second-order valence-electron chi connectivity index (χ2n) is 18.5. The van der Waals surface area contributed by atoms with Crippen LogP contribution in [0.15, 0.2) is 72.5 Å². The second kappa shape index (κ2) is 17.8. The van der Waals surface area contributed by atoms with E-state index in [1.165, 1.54) is 27.2 Å². The summed E-state index contributed by atoms with van der Waals surface area (Å²) in [6.45, 7) is 4.45. The summed E-state index contributed by atoms with van der Waals surface area (Å²) in [7, 11) is 1.75. The third kappa shape index (κ3) is 8.28. The minimum Gasteiger partial charge on any atom is -0.368 e. The molecule has 11 rings (SSSR count). The molecule has 0 radical (unpaired) electrons. The van der Waals surface area contributed by atoms with Gasteiger partial charge in [0, 0.05) is 98.8 Å². The highest BCUT2D eigenvalue weighted by Crippen LogP contribution is 2.41. The molecule has 20 heteroatoms. The standard InChI is InChI=1S/C49H50F2N12O5S/c1-57-39-26-32(7-10-34(39)44(56-57)62-17-11-40(64)54-48(62)68)49(51)12-3-15-58(18-13-49)28-41(65)60-21-19-59(20-22-60)33-8-5-30(6-9-33)31-24-35-36(37(50)25-31)27-63(46(35)67)43(45(66)55-47-52-14-23-69-47)42-38-4-2-16-61(38)29-53-42/h5-10,14,23-26,29,43H,2-4,11-13,15-22,27-28H2,1H3,(H,52,55,66)(H,54,64,68). The first-order valence-electron chi connectivity index (χ1n) is 23.4. The number of halogens is 2. The van der Waals surface area contributed by atoms with E-state index < -0.39 is 35.4 Å². The molecule has 0 aliphatic carbocycles. The number of likely N-dealkylation sites (tertiary alicyclic amines) is 1. The number of imide groups is 1. The Labute approximate surface area is 399 Å². The van der Waals surface area contributed by atoms with E-state index in [1.807, 2.05) is 38.6 Å². The summed E-state index contributed by atoms with van der Waals surface area (Å²) >= 11 is 1.27. The quantitative estimate of drug-likeness (QED) is 0.172. The Morgan fingerprint density at radius 3 is 2.51 bits per heavy atom. The van der Waals surface area contributed by atoms with E-state index in [0.717, 1.165) is 36.3 Å². The van der Waals surface area contributed by atoms with E-state index in [1.54, 1.807) is 53.9 Å². The van der Waals surface area contributed by atoms with E-state index in [-0.39, 0.29) is 55.4 Å². The lowest BCUT2D eigenvalue weighted by Crippen LogP contribution is -2.51. The molecule has 0 saturated carbocycles. The average Bonchev–Trinajstić information content (AvgIpc) is 4.20. The summed E-state index contributed by atoms with van der Waals surface area (Å²) in [5.41, 5.74) is 3.70. The lowest BCUT2D eigenvalue weighted by molar-refractivity contribution is -0.132. The maximum atomic E-state index is 16.8. The average molecular weight is 957 g/mol. The Morgan fingerprint density at radius 1 is 0.899 bits per heavy atom. The van der Waals surface area contributed by atoms with Gasteiger partial charge in [-0.1, -0.05) is 18.2 Å². The van der Waals surface area contributed by atoms with Gasteiger partial charge in [-0.3, -0.25) is 44.3 Å². The van der Waals surface area contributed by atoms with Gasteiger partial charge in [0.15, 0.2) is 17.0 Å². The van der Waals surface area contributed by atoms with E-state index in [9.17, 15) is 24.0 Å². The van der Waals surface area contributed by atoms with Crippen LogP contribution >= 0.6 is 11.3 Å². The molecule has 3 saturated heterocycles. The van der Waals surface area contributed by atoms with Gasteiger partial charge in [-0.25, -0.2) is 23.5 Å². The number of fused-ring (bicyclic) bond motifs is 3. The van der Waals surface area contributed by atoms with Gasteiger partial charge in [-0.05, 0) is 91.7 Å². The monoisotopic (exact) mass is 956 g/mol. The highest BCUT2D eigenvalue weighted by Gasteiger charge is 2.43. The van der Waals surface area contributed by atoms with Gasteiger partial charge in [0.25, 0.3) is 11.8 Å². The summed E-state index contributed by atoms with van der Waals surface area (Å²) in [6, 6.07) is 14.6. The van der Waals surface area contributed by atoms with Crippen LogP contribution in [-0.2, 0) is 46.6 Å². The second-order valence-corrected chi connectivity index (χ2v) is 19.4. The number of nitrogens with one attached hydrogen (secondary N) is 2. The van der Waals surface area contributed by atoms with Crippen LogP contribution in [0.4, 0.5) is 30.2 Å². The molecule has 6 aromatic rings. The molecule has 5 aliphatic heterocycles. The zero-order valence-electron chi connectivity index (χ0n) is 38.0. The Morgan fingerprint density at radius 2 is 1.72 bits per heavy atom. The minimum atomic E-state index is -1.60. The molecule has 0 spiro atoms. The fourth-order valence-corrected chi connectivity index (χ4v) is 11.2. The van der Waals surface area contributed by atoms with Crippen molar-refractivity contribution in [3.8, 4) is 11.1 Å². The molecule has 8 heterocycles. The van der Waals surface area contributed by atoms with Gasteiger partial charge in [0.05, 0.1) is 30.6 Å². The number of rotatable bonds is 10. The molecular formula is C49H50F2N12O5S. The molecule has 69 heavy (non-hydrogen) atoms. The van der Waals surface area contributed by atoms with E-state index in [0.29, 0.717) is 90.8 Å². The number of hydrogen-bond acceptors (Lipinski definition) is 11. The largest absolute Gasteiger partial charge is 0.368 e. The van der Waals surface area contributed by atoms with Gasteiger partial charge in [0.1, 0.15) is 11.5 Å². The molecule has 6 amide bonds. The van der Waals surface area contributed by atoms with Crippen molar-refractivity contribution in [2.24, 2.45) is 7.05 Å². The van der Waals surface area contributed by atoms with Crippen LogP contribution in [0.3, 0.4) is 0 Å². The number of hydrogen-bond donors (Lipinski definition) is 2. The van der Waals surface area contributed by atoms with Crippen molar-refractivity contribution in [3.05, 3.63) is 106 Å². The first-order chi connectivity index (χ1) is 33.4. The van der Waals surface area contributed by atoms with Crippen molar-refractivity contribution in [1.29, 1.82) is 0 Å². The van der Waals surface area contributed by atoms with Gasteiger partial charge >= 0.3 is 6.03 Å². The van der Waals surface area contributed by atoms with Gasteiger partial charge in [-0.15, -0.1) is 11.3 Å². The van der Waals surface area contributed by atoms with Gasteiger partial charge < -0.3 is 19.3 Å². The molecule has 2 unspecified atom stereocenters. The summed E-state index contributed by atoms with van der Waals surface area (Å²) in [6.07, 6.45) is 6.21. The Bertz CT molecular complexity index is 3020. The molecule has 3 aromatic carbocycles. The Kier molecular flexibility index (Phi) is 11.5. The number of benzene rings is 3. The van der Waals surface area contributed by atoms with Crippen molar-refractivity contribution < 1.29 is 32.8 Å². The molecule has 3 fully saturated rings. The van der Waals surface area contributed by atoms with Crippen LogP contribution in [0.5, 0.6) is 0 Å². The molecule has 17 nitrogen and oxygen atoms in total. The van der Waals surface area contributed by atoms with Crippen molar-refractivity contribution in [2.75, 3.05) is 67.5 Å². The Hall–Kier alpha value is -7.06. The highest BCUT2D eigenvalue weighted by atomic mass is 32.1. The number of urea groups is 1. The number of piperazine rings is 1. The number of thiazole rings is 1. The SMILES string of the molecule is Cn1nc(N2CCC(=O)NC2=O)c2ccc(C3(F)CCCN(CC(=O)N4CCN(c5ccc(-c6cc(F)c7c(c6)C(=O)N(C(C(=O)Nc6nccs6)c6ncn8c6CCC8)C7)cc5)CC4)CC3)cc21. The molecule has 5 aliphatic rings. The van der Waals surface area contributed by atoms with Crippen LogP contribution in [0.1, 0.15) is 71.0 Å². The van der Waals surface area contributed by atoms with Crippen molar-refractivity contribution in [1.82, 2.24) is 44.3 Å². The minimum absolute atomic E-state index is 0.00989. The zero-order valence-corrected chi connectivity index (χ0v) is 38.8. The predicted molar refractivity (Wildman–Crippen MR) is 254 cm³/mol. The number of anilines is 3. The molecule has 2 atom stereocenters. The van der Waals surface area contributed by atoms with Crippen LogP contribution in [0, 0.1) is 5.82 Å². The topological polar surface area (TPSA) is 174 Å². The number of aryl methyl sites for hydroxylation is 2. The highest BCUT2D eigenvalue weighted by molar-refractivity contribution is 7.13. The third-order valence-corrected chi connectivity index (χ3v) is 15.1. The number of alkyl halides is 1. The first-order valence-corrected chi connectivity index (χ1v) is 24.3. The summed E-state index contributed by atoms with van der Waals surface area (Å²) in [5, 5.41) is 12.6. The van der Waals surface area contributed by atoms with Crippen LogP contribution in [0.2, 0.25) is 0 Å². The number of carbonyl (C=O) groups excluding carboxylic acids is 5. The maximum Gasteiger partial charge on any atom is 0.329 e. The molecule has 0 bridgehead atoms. The summed E-state index contributed by atoms with van der Waals surface area (Å²) in [5.74, 6) is -1.31. The number of imidazole rings is 1. The van der Waals surface area contributed by atoms with E-state index in [4.69, 9.17) is 0 Å². The van der Waals surface area contributed by atoms with Gasteiger partial charge in [-0.2, -0.15) is 5.10 Å².